The largest absolute Gasteiger partial charge is 0.455 e. The fraction of sp³-hybridized carbons (Fsp3) is 0.0545. The highest BCUT2D eigenvalue weighted by Gasteiger charge is 2.38. The third kappa shape index (κ3) is 4.26. The average molecular weight is 713 g/mol. The minimum absolute atomic E-state index is 0.154. The molecule has 0 saturated heterocycles. The van der Waals surface area contributed by atoms with Crippen LogP contribution >= 0.6 is 0 Å². The van der Waals surface area contributed by atoms with Gasteiger partial charge in [0.15, 0.2) is 0 Å². The lowest BCUT2D eigenvalue weighted by atomic mass is 9.81. The van der Waals surface area contributed by atoms with Gasteiger partial charge >= 0.3 is 0 Å². The number of furan rings is 1. The van der Waals surface area contributed by atoms with Crippen LogP contribution in [0.4, 0.5) is 0 Å². The Balaban J connectivity index is 1.13. The summed E-state index contributed by atoms with van der Waals surface area (Å²) in [5.41, 5.74) is 14.6. The highest BCUT2D eigenvalue weighted by molar-refractivity contribution is 6.25. The van der Waals surface area contributed by atoms with E-state index in [1.807, 2.05) is 0 Å². The van der Waals surface area contributed by atoms with Gasteiger partial charge in [-0.3, -0.25) is 0 Å². The molecule has 12 rings (SSSR count). The quantitative estimate of drug-likeness (QED) is 0.166. The van der Waals surface area contributed by atoms with E-state index in [2.05, 4.69) is 196 Å². The lowest BCUT2D eigenvalue weighted by Crippen LogP contribution is -2.14. The minimum atomic E-state index is -0.154. The molecule has 0 bridgehead atoms. The zero-order valence-electron chi connectivity index (χ0n) is 31.2. The molecule has 0 spiro atoms. The molecule has 0 aliphatic heterocycles. The van der Waals surface area contributed by atoms with Crippen LogP contribution in [0, 0.1) is 0 Å². The molecule has 0 unspecified atom stereocenters. The maximum atomic E-state index is 6.72. The zero-order valence-corrected chi connectivity index (χ0v) is 31.2. The van der Waals surface area contributed by atoms with Gasteiger partial charge in [0.1, 0.15) is 11.2 Å². The Hall–Kier alpha value is -6.96. The molecule has 1 aliphatic rings. The summed E-state index contributed by atoms with van der Waals surface area (Å²) < 4.78 is 6.72. The van der Waals surface area contributed by atoms with E-state index in [0.29, 0.717) is 0 Å². The highest BCUT2D eigenvalue weighted by atomic mass is 16.3. The predicted octanol–water partition coefficient (Wildman–Crippen LogP) is 15.5. The molecule has 1 heterocycles. The van der Waals surface area contributed by atoms with Crippen molar-refractivity contribution in [3.63, 3.8) is 0 Å². The molecule has 0 N–H and O–H groups in total. The molecule has 0 radical (unpaired) electrons. The maximum absolute atomic E-state index is 6.72. The second-order valence-electron chi connectivity index (χ2n) is 15.9. The molecule has 1 aliphatic carbocycles. The Morgan fingerprint density at radius 1 is 0.357 bits per heavy atom. The molecule has 262 valence electrons. The average Bonchev–Trinajstić information content (AvgIpc) is 3.74. The van der Waals surface area contributed by atoms with Crippen LogP contribution in [0.1, 0.15) is 25.0 Å². The van der Waals surface area contributed by atoms with E-state index >= 15 is 0 Å². The second-order valence-corrected chi connectivity index (χ2v) is 15.9. The predicted molar refractivity (Wildman–Crippen MR) is 238 cm³/mol. The van der Waals surface area contributed by atoms with Gasteiger partial charge in [0.25, 0.3) is 0 Å². The lowest BCUT2D eigenvalue weighted by Gasteiger charge is -2.22. The molecule has 1 aromatic heterocycles. The van der Waals surface area contributed by atoms with Crippen LogP contribution in [-0.4, -0.2) is 0 Å². The molecule has 11 aromatic rings. The molecule has 0 fully saturated rings. The summed E-state index contributed by atoms with van der Waals surface area (Å²) >= 11 is 0. The van der Waals surface area contributed by atoms with Crippen molar-refractivity contribution < 1.29 is 4.42 Å². The molecule has 10 aromatic carbocycles. The molecule has 1 nitrogen and oxygen atoms in total. The van der Waals surface area contributed by atoms with Crippen molar-refractivity contribution >= 4 is 65.0 Å². The monoisotopic (exact) mass is 712 g/mol. The van der Waals surface area contributed by atoms with E-state index in [4.69, 9.17) is 4.42 Å². The first-order valence-corrected chi connectivity index (χ1v) is 19.6. The van der Waals surface area contributed by atoms with E-state index < -0.39 is 0 Å². The van der Waals surface area contributed by atoms with Crippen LogP contribution in [-0.2, 0) is 5.41 Å². The van der Waals surface area contributed by atoms with Gasteiger partial charge in [0, 0.05) is 21.6 Å². The standard InChI is InChI=1S/C55H36O/c1-55(2)47-29-25-35(32-46(47)52-48(55)30-31-49-53(52)45-26-24-34-16-6-7-17-37(34)54(45)56-49)50-40-20-10-12-22-42(40)51(43-23-13-11-21-41(43)50)44-28-27-36(33-14-4-3-5-15-33)38-18-8-9-19-39(38)44/h3-32H,1-2H3. The first-order valence-electron chi connectivity index (χ1n) is 19.6. The van der Waals surface area contributed by atoms with E-state index in [1.54, 1.807) is 0 Å². The summed E-state index contributed by atoms with van der Waals surface area (Å²) in [6.07, 6.45) is 0. The molecule has 0 atom stereocenters. The summed E-state index contributed by atoms with van der Waals surface area (Å²) in [7, 11) is 0. The SMILES string of the molecule is CC1(C)c2ccc(-c3c4ccccc4c(-c4ccc(-c5ccccc5)c5ccccc45)c4ccccc34)cc2-c2c1ccc1oc3c4ccccc4ccc3c21. The Kier molecular flexibility index (Phi) is 6.46. The van der Waals surface area contributed by atoms with E-state index in [0.717, 1.165) is 16.6 Å². The Morgan fingerprint density at radius 2 is 0.929 bits per heavy atom. The molecular weight excluding hydrogens is 677 g/mol. The van der Waals surface area contributed by atoms with Gasteiger partial charge in [-0.15, -0.1) is 0 Å². The maximum Gasteiger partial charge on any atom is 0.143 e. The Morgan fingerprint density at radius 3 is 1.64 bits per heavy atom. The van der Waals surface area contributed by atoms with Crippen molar-refractivity contribution in [1.82, 2.24) is 0 Å². The molecule has 0 amide bonds. The Bertz CT molecular complexity index is 3380. The summed E-state index contributed by atoms with van der Waals surface area (Å²) in [4.78, 5) is 0. The van der Waals surface area contributed by atoms with Gasteiger partial charge in [-0.05, 0) is 112 Å². The van der Waals surface area contributed by atoms with Gasteiger partial charge in [-0.2, -0.15) is 0 Å². The number of rotatable bonds is 3. The molecule has 0 saturated carbocycles. The highest BCUT2D eigenvalue weighted by Crippen LogP contribution is 2.55. The van der Waals surface area contributed by atoms with Crippen molar-refractivity contribution in [3.8, 4) is 44.5 Å². The van der Waals surface area contributed by atoms with Crippen molar-refractivity contribution in [2.75, 3.05) is 0 Å². The van der Waals surface area contributed by atoms with Gasteiger partial charge in [-0.25, -0.2) is 0 Å². The zero-order chi connectivity index (χ0) is 37.1. The van der Waals surface area contributed by atoms with Crippen LogP contribution in [0.5, 0.6) is 0 Å². The van der Waals surface area contributed by atoms with E-state index in [9.17, 15) is 0 Å². The second kappa shape index (κ2) is 11.5. The summed E-state index contributed by atoms with van der Waals surface area (Å²) in [5, 5.41) is 12.3. The van der Waals surface area contributed by atoms with Crippen LogP contribution in [0.3, 0.4) is 0 Å². The van der Waals surface area contributed by atoms with Crippen LogP contribution < -0.4 is 0 Å². The van der Waals surface area contributed by atoms with Crippen molar-refractivity contribution in [2.24, 2.45) is 0 Å². The number of fused-ring (bicyclic) bond motifs is 12. The van der Waals surface area contributed by atoms with Crippen molar-refractivity contribution in [3.05, 3.63) is 193 Å². The summed E-state index contributed by atoms with van der Waals surface area (Å²) in [5.74, 6) is 0. The van der Waals surface area contributed by atoms with Gasteiger partial charge in [0.05, 0.1) is 0 Å². The Labute approximate surface area is 325 Å². The van der Waals surface area contributed by atoms with Crippen LogP contribution in [0.25, 0.3) is 110 Å². The molecule has 56 heavy (non-hydrogen) atoms. The van der Waals surface area contributed by atoms with Crippen molar-refractivity contribution in [1.29, 1.82) is 0 Å². The summed E-state index contributed by atoms with van der Waals surface area (Å²) in [6, 6.07) is 67.1. The third-order valence-electron chi connectivity index (χ3n) is 12.7. The lowest BCUT2D eigenvalue weighted by molar-refractivity contribution is 0.657. The molecular formula is C55H36O. The number of hydrogen-bond acceptors (Lipinski definition) is 1. The number of hydrogen-bond donors (Lipinski definition) is 0. The van der Waals surface area contributed by atoms with E-state index in [1.165, 1.54) is 104 Å². The van der Waals surface area contributed by atoms with Gasteiger partial charge in [-0.1, -0.05) is 178 Å². The van der Waals surface area contributed by atoms with E-state index in [-0.39, 0.29) is 5.41 Å². The summed E-state index contributed by atoms with van der Waals surface area (Å²) in [6.45, 7) is 4.74. The fourth-order valence-corrected chi connectivity index (χ4v) is 10.1. The normalized spacial score (nSPS) is 13.3. The van der Waals surface area contributed by atoms with Crippen LogP contribution in [0.15, 0.2) is 186 Å². The third-order valence-corrected chi connectivity index (χ3v) is 12.7. The van der Waals surface area contributed by atoms with Crippen molar-refractivity contribution in [2.45, 2.75) is 19.3 Å². The van der Waals surface area contributed by atoms with Gasteiger partial charge in [0.2, 0.25) is 0 Å². The van der Waals surface area contributed by atoms with Crippen LogP contribution in [0.2, 0.25) is 0 Å². The molecule has 1 heteroatoms. The van der Waals surface area contributed by atoms with Gasteiger partial charge < -0.3 is 4.42 Å². The first kappa shape index (κ1) is 31.4. The number of benzene rings is 10. The smallest absolute Gasteiger partial charge is 0.143 e. The fourth-order valence-electron chi connectivity index (χ4n) is 10.1. The first-order chi connectivity index (χ1) is 27.6. The topological polar surface area (TPSA) is 13.1 Å². The minimum Gasteiger partial charge on any atom is -0.455 e.